The molecule has 0 fully saturated rings. The van der Waals surface area contributed by atoms with E-state index in [0.29, 0.717) is 11.8 Å². The Morgan fingerprint density at radius 3 is 2.20 bits per heavy atom. The molecule has 0 amide bonds. The highest BCUT2D eigenvalue weighted by Gasteiger charge is 2.06. The molecule has 0 aromatic heterocycles. The van der Waals surface area contributed by atoms with Gasteiger partial charge < -0.3 is 0 Å². The lowest BCUT2D eigenvalue weighted by atomic mass is 10.2. The van der Waals surface area contributed by atoms with E-state index in [-0.39, 0.29) is 0 Å². The third-order valence-corrected chi connectivity index (χ3v) is 3.54. The normalized spacial score (nSPS) is 10.9. The van der Waals surface area contributed by atoms with Gasteiger partial charge in [0.15, 0.2) is 0 Å². The topological polar surface area (TPSA) is 3.24 Å². The average Bonchev–Trinajstić information content (AvgIpc) is 2.22. The van der Waals surface area contributed by atoms with Gasteiger partial charge in [-0.1, -0.05) is 18.2 Å². The van der Waals surface area contributed by atoms with Crippen molar-refractivity contribution in [3.05, 3.63) is 33.4 Å². The monoisotopic (exact) mass is 357 g/mol. The molecule has 0 saturated heterocycles. The van der Waals surface area contributed by atoms with Crippen molar-refractivity contribution in [3.63, 3.8) is 0 Å². The van der Waals surface area contributed by atoms with Gasteiger partial charge in [0.1, 0.15) is 0 Å². The quantitative estimate of drug-likeness (QED) is 0.555. The lowest BCUT2D eigenvalue weighted by Gasteiger charge is -2.20. The summed E-state index contributed by atoms with van der Waals surface area (Å²) in [6.45, 7) is 2.71. The van der Waals surface area contributed by atoms with Crippen LogP contribution in [0, 0.1) is 3.57 Å². The zero-order valence-electron chi connectivity index (χ0n) is 8.43. The molecular formula is C11H14Cl2IN. The summed E-state index contributed by atoms with van der Waals surface area (Å²) < 4.78 is 1.30. The smallest absolute Gasteiger partial charge is 0.0351 e. The summed E-state index contributed by atoms with van der Waals surface area (Å²) in [5.74, 6) is 1.31. The number of hydrogen-bond acceptors (Lipinski definition) is 1. The molecule has 0 aliphatic carbocycles. The van der Waals surface area contributed by atoms with E-state index in [0.717, 1.165) is 19.6 Å². The Bertz CT molecular complexity index is 288. The predicted molar refractivity (Wildman–Crippen MR) is 75.9 cm³/mol. The zero-order chi connectivity index (χ0) is 11.1. The summed E-state index contributed by atoms with van der Waals surface area (Å²) in [5, 5.41) is 0. The van der Waals surface area contributed by atoms with E-state index < -0.39 is 0 Å². The number of hydrogen-bond donors (Lipinski definition) is 0. The molecule has 1 aromatic carbocycles. The first-order valence-corrected chi connectivity index (χ1v) is 7.00. The Morgan fingerprint density at radius 2 is 1.67 bits per heavy atom. The molecule has 84 valence electrons. The summed E-state index contributed by atoms with van der Waals surface area (Å²) in [6, 6.07) is 8.39. The molecule has 1 nitrogen and oxygen atoms in total. The Hall–Kier alpha value is 0.490. The number of nitrogens with zero attached hydrogens (tertiary/aromatic N) is 1. The summed E-state index contributed by atoms with van der Waals surface area (Å²) in [6.07, 6.45) is 0. The van der Waals surface area contributed by atoms with Gasteiger partial charge in [-0.25, -0.2) is 0 Å². The first-order valence-electron chi connectivity index (χ1n) is 4.85. The zero-order valence-corrected chi connectivity index (χ0v) is 12.1. The van der Waals surface area contributed by atoms with Crippen molar-refractivity contribution in [1.29, 1.82) is 0 Å². The average molecular weight is 358 g/mol. The standard InChI is InChI=1S/C11H14Cl2IN/c12-5-7-15(8-6-13)9-10-3-1-2-4-11(10)14/h1-4H,5-9H2. The fourth-order valence-corrected chi connectivity index (χ4v) is 2.41. The fraction of sp³-hybridized carbons (Fsp3) is 0.455. The highest BCUT2D eigenvalue weighted by Crippen LogP contribution is 2.13. The maximum absolute atomic E-state index is 5.75. The third kappa shape index (κ3) is 4.89. The summed E-state index contributed by atoms with van der Waals surface area (Å²) in [4.78, 5) is 2.28. The molecule has 0 aliphatic heterocycles. The SMILES string of the molecule is ClCCN(CCCl)Cc1ccccc1I. The van der Waals surface area contributed by atoms with Crippen molar-refractivity contribution in [3.8, 4) is 0 Å². The van der Waals surface area contributed by atoms with Crippen molar-refractivity contribution in [2.24, 2.45) is 0 Å². The predicted octanol–water partition coefficient (Wildman–Crippen LogP) is 3.57. The van der Waals surface area contributed by atoms with Crippen molar-refractivity contribution < 1.29 is 0 Å². The van der Waals surface area contributed by atoms with Crippen molar-refractivity contribution in [1.82, 2.24) is 4.90 Å². The minimum atomic E-state index is 0.653. The van der Waals surface area contributed by atoms with Crippen LogP contribution in [0.4, 0.5) is 0 Å². The lowest BCUT2D eigenvalue weighted by molar-refractivity contribution is 0.299. The van der Waals surface area contributed by atoms with Crippen LogP contribution < -0.4 is 0 Å². The van der Waals surface area contributed by atoms with E-state index in [9.17, 15) is 0 Å². The van der Waals surface area contributed by atoms with Crippen LogP contribution in [0.1, 0.15) is 5.56 Å². The maximum Gasteiger partial charge on any atom is 0.0351 e. The van der Waals surface area contributed by atoms with Crippen molar-refractivity contribution in [2.45, 2.75) is 6.54 Å². The van der Waals surface area contributed by atoms with Crippen LogP contribution in [0.25, 0.3) is 0 Å². The molecule has 0 spiro atoms. The third-order valence-electron chi connectivity index (χ3n) is 2.15. The first-order chi connectivity index (χ1) is 7.27. The van der Waals surface area contributed by atoms with E-state index >= 15 is 0 Å². The molecule has 4 heteroatoms. The molecule has 0 heterocycles. The van der Waals surface area contributed by atoms with E-state index in [1.54, 1.807) is 0 Å². The molecule has 0 atom stereocenters. The largest absolute Gasteiger partial charge is 0.297 e. The molecule has 15 heavy (non-hydrogen) atoms. The molecule has 1 aromatic rings. The Kier molecular flexibility index (Phi) is 6.97. The van der Waals surface area contributed by atoms with Crippen molar-refractivity contribution in [2.75, 3.05) is 24.8 Å². The molecule has 0 N–H and O–H groups in total. The Labute approximate surface area is 115 Å². The van der Waals surface area contributed by atoms with E-state index in [4.69, 9.17) is 23.2 Å². The van der Waals surface area contributed by atoms with Gasteiger partial charge in [0, 0.05) is 35.0 Å². The minimum Gasteiger partial charge on any atom is -0.297 e. The first kappa shape index (κ1) is 13.6. The van der Waals surface area contributed by atoms with Gasteiger partial charge in [-0.05, 0) is 34.2 Å². The Morgan fingerprint density at radius 1 is 1.07 bits per heavy atom. The molecular weight excluding hydrogens is 344 g/mol. The summed E-state index contributed by atoms with van der Waals surface area (Å²) >= 11 is 13.9. The molecule has 0 unspecified atom stereocenters. The molecule has 0 bridgehead atoms. The van der Waals surface area contributed by atoms with Crippen molar-refractivity contribution >= 4 is 45.8 Å². The molecule has 1 rings (SSSR count). The van der Waals surface area contributed by atoms with Gasteiger partial charge in [-0.15, -0.1) is 23.2 Å². The van der Waals surface area contributed by atoms with Gasteiger partial charge in [0.05, 0.1) is 0 Å². The number of halogens is 3. The minimum absolute atomic E-state index is 0.653. The number of rotatable bonds is 6. The lowest BCUT2D eigenvalue weighted by Crippen LogP contribution is -2.27. The van der Waals surface area contributed by atoms with Crippen LogP contribution >= 0.6 is 45.8 Å². The second-order valence-corrected chi connectivity index (χ2v) is 5.16. The van der Waals surface area contributed by atoms with Crippen LogP contribution in [0.15, 0.2) is 24.3 Å². The number of alkyl halides is 2. The second-order valence-electron chi connectivity index (χ2n) is 3.25. The summed E-state index contributed by atoms with van der Waals surface area (Å²) in [5.41, 5.74) is 1.34. The van der Waals surface area contributed by atoms with E-state index in [2.05, 4.69) is 51.8 Å². The highest BCUT2D eigenvalue weighted by molar-refractivity contribution is 14.1. The van der Waals surface area contributed by atoms with Gasteiger partial charge in [0.25, 0.3) is 0 Å². The second kappa shape index (κ2) is 7.71. The molecule has 0 saturated carbocycles. The maximum atomic E-state index is 5.75. The Balaban J connectivity index is 2.60. The van der Waals surface area contributed by atoms with Crippen LogP contribution in [0.5, 0.6) is 0 Å². The van der Waals surface area contributed by atoms with Gasteiger partial charge in [0.2, 0.25) is 0 Å². The van der Waals surface area contributed by atoms with Crippen LogP contribution in [-0.4, -0.2) is 29.7 Å². The van der Waals surface area contributed by atoms with E-state index in [1.807, 2.05) is 0 Å². The molecule has 0 aliphatic rings. The van der Waals surface area contributed by atoms with Gasteiger partial charge >= 0.3 is 0 Å². The summed E-state index contributed by atoms with van der Waals surface area (Å²) in [7, 11) is 0. The van der Waals surface area contributed by atoms with E-state index in [1.165, 1.54) is 9.13 Å². The number of benzene rings is 1. The van der Waals surface area contributed by atoms with Crippen LogP contribution in [0.3, 0.4) is 0 Å². The highest BCUT2D eigenvalue weighted by atomic mass is 127. The van der Waals surface area contributed by atoms with Crippen LogP contribution in [-0.2, 0) is 6.54 Å². The van der Waals surface area contributed by atoms with Gasteiger partial charge in [-0.2, -0.15) is 0 Å². The van der Waals surface area contributed by atoms with Gasteiger partial charge in [-0.3, -0.25) is 4.90 Å². The fourth-order valence-electron chi connectivity index (χ4n) is 1.38. The molecule has 0 radical (unpaired) electrons. The van der Waals surface area contributed by atoms with Crippen LogP contribution in [0.2, 0.25) is 0 Å².